The average molecular weight is 310 g/mol. The van der Waals surface area contributed by atoms with Gasteiger partial charge in [-0.15, -0.1) is 23.1 Å². The lowest BCUT2D eigenvalue weighted by Gasteiger charge is -2.04. The van der Waals surface area contributed by atoms with Crippen molar-refractivity contribution in [2.45, 2.75) is 19.1 Å². The highest BCUT2D eigenvalue weighted by Gasteiger charge is 2.09. The van der Waals surface area contributed by atoms with E-state index in [0.29, 0.717) is 27.4 Å². The van der Waals surface area contributed by atoms with Crippen LogP contribution in [0.4, 0.5) is 9.52 Å². The topological polar surface area (TPSA) is 42.0 Å². The molecular weight excluding hydrogens is 295 g/mol. The molecule has 0 saturated carbocycles. The number of hydrogen-bond donors (Lipinski definition) is 1. The van der Waals surface area contributed by atoms with Gasteiger partial charge in [0.05, 0.1) is 11.4 Å². The fraction of sp³-hybridized carbons (Fsp3) is 0.286. The highest BCUT2D eigenvalue weighted by Crippen LogP contribution is 2.25. The van der Waals surface area contributed by atoms with Gasteiger partial charge in [0.15, 0.2) is 5.13 Å². The predicted molar refractivity (Wildman–Crippen MR) is 83.7 cm³/mol. The summed E-state index contributed by atoms with van der Waals surface area (Å²) in [5, 5.41) is 5.52. The van der Waals surface area contributed by atoms with Crippen molar-refractivity contribution in [2.24, 2.45) is 0 Å². The van der Waals surface area contributed by atoms with Gasteiger partial charge in [0.2, 0.25) is 5.91 Å². The molecule has 20 heavy (non-hydrogen) atoms. The molecule has 0 radical (unpaired) electrons. The summed E-state index contributed by atoms with van der Waals surface area (Å²) >= 11 is 2.92. The Bertz CT molecular complexity index is 598. The number of benzene rings is 1. The van der Waals surface area contributed by atoms with Crippen LogP contribution < -0.4 is 5.32 Å². The number of thiazole rings is 1. The van der Waals surface area contributed by atoms with Crippen LogP contribution in [0.2, 0.25) is 0 Å². The quantitative estimate of drug-likeness (QED) is 0.906. The minimum Gasteiger partial charge on any atom is -0.301 e. The average Bonchev–Trinajstić information content (AvgIpc) is 2.85. The van der Waals surface area contributed by atoms with Gasteiger partial charge >= 0.3 is 0 Å². The first-order valence-electron chi connectivity index (χ1n) is 6.17. The lowest BCUT2D eigenvalue weighted by Crippen LogP contribution is -2.15. The summed E-state index contributed by atoms with van der Waals surface area (Å²) in [5.74, 6) is 0.0465. The summed E-state index contributed by atoms with van der Waals surface area (Å²) < 4.78 is 13.1. The summed E-state index contributed by atoms with van der Waals surface area (Å²) in [6, 6.07) is 6.25. The molecule has 0 atom stereocenters. The summed E-state index contributed by atoms with van der Waals surface area (Å²) in [6.45, 7) is 4.09. The molecule has 0 unspecified atom stereocenters. The maximum atomic E-state index is 13.1. The van der Waals surface area contributed by atoms with Crippen molar-refractivity contribution < 1.29 is 9.18 Å². The molecule has 1 amide bonds. The third-order valence-electron chi connectivity index (χ3n) is 2.42. The molecule has 2 rings (SSSR count). The fourth-order valence-corrected chi connectivity index (χ4v) is 2.80. The van der Waals surface area contributed by atoms with Gasteiger partial charge in [0, 0.05) is 10.9 Å². The summed E-state index contributed by atoms with van der Waals surface area (Å²) in [5.41, 5.74) is 1.37. The molecular formula is C14H15FN2OS2. The number of nitrogens with one attached hydrogen (secondary N) is 1. The van der Waals surface area contributed by atoms with E-state index < -0.39 is 0 Å². The van der Waals surface area contributed by atoms with Crippen LogP contribution in [-0.2, 0) is 4.79 Å². The van der Waals surface area contributed by atoms with Crippen LogP contribution in [0.15, 0.2) is 29.6 Å². The Balaban J connectivity index is 2.00. The number of anilines is 1. The van der Waals surface area contributed by atoms with Crippen LogP contribution >= 0.6 is 23.1 Å². The Morgan fingerprint density at radius 2 is 2.30 bits per heavy atom. The third-order valence-corrected chi connectivity index (χ3v) is 4.27. The van der Waals surface area contributed by atoms with Gasteiger partial charge in [-0.05, 0) is 17.4 Å². The second kappa shape index (κ2) is 6.85. The van der Waals surface area contributed by atoms with E-state index in [-0.39, 0.29) is 11.7 Å². The molecule has 1 N–H and O–H groups in total. The zero-order valence-electron chi connectivity index (χ0n) is 11.2. The molecule has 0 saturated heterocycles. The molecule has 106 valence electrons. The van der Waals surface area contributed by atoms with Crippen LogP contribution in [0.1, 0.15) is 13.8 Å². The molecule has 0 aliphatic heterocycles. The number of thioether (sulfide) groups is 1. The Labute approximate surface area is 125 Å². The van der Waals surface area contributed by atoms with E-state index >= 15 is 0 Å². The number of rotatable bonds is 5. The van der Waals surface area contributed by atoms with Gasteiger partial charge in [0.1, 0.15) is 5.82 Å². The van der Waals surface area contributed by atoms with E-state index in [9.17, 15) is 9.18 Å². The van der Waals surface area contributed by atoms with Crippen molar-refractivity contribution in [2.75, 3.05) is 11.1 Å². The molecule has 1 heterocycles. The second-order valence-corrected chi connectivity index (χ2v) is 6.88. The zero-order valence-corrected chi connectivity index (χ0v) is 12.9. The van der Waals surface area contributed by atoms with Crippen molar-refractivity contribution in [1.29, 1.82) is 0 Å². The van der Waals surface area contributed by atoms with E-state index in [1.807, 2.05) is 13.8 Å². The number of halogens is 1. The monoisotopic (exact) mass is 310 g/mol. The van der Waals surface area contributed by atoms with Crippen molar-refractivity contribution in [3.8, 4) is 11.3 Å². The molecule has 0 fully saturated rings. The summed E-state index contributed by atoms with van der Waals surface area (Å²) in [4.78, 5) is 16.0. The van der Waals surface area contributed by atoms with Gasteiger partial charge in [0.25, 0.3) is 0 Å². The molecule has 0 aliphatic rings. The summed E-state index contributed by atoms with van der Waals surface area (Å²) in [6.07, 6.45) is 0. The van der Waals surface area contributed by atoms with Crippen molar-refractivity contribution in [1.82, 2.24) is 4.98 Å². The standard InChI is InChI=1S/C14H15FN2OS2/c1-9(2)19-8-13(18)17-14-16-12(7-20-14)10-4-3-5-11(15)6-10/h3-7,9H,8H2,1-2H3,(H,16,17,18). The number of carbonyl (C=O) groups excluding carboxylic acids is 1. The van der Waals surface area contributed by atoms with Crippen LogP contribution in [0.3, 0.4) is 0 Å². The molecule has 2 aromatic rings. The number of carbonyl (C=O) groups is 1. The molecule has 0 bridgehead atoms. The first kappa shape index (κ1) is 15.0. The van der Waals surface area contributed by atoms with Crippen molar-refractivity contribution >= 4 is 34.1 Å². The SMILES string of the molecule is CC(C)SCC(=O)Nc1nc(-c2cccc(F)c2)cs1. The van der Waals surface area contributed by atoms with E-state index in [1.165, 1.54) is 23.5 Å². The Hall–Kier alpha value is -1.40. The van der Waals surface area contributed by atoms with Gasteiger partial charge in [-0.1, -0.05) is 26.0 Å². The van der Waals surface area contributed by atoms with Gasteiger partial charge in [-0.2, -0.15) is 0 Å². The summed E-state index contributed by atoms with van der Waals surface area (Å²) in [7, 11) is 0. The van der Waals surface area contributed by atoms with Crippen LogP contribution in [-0.4, -0.2) is 21.9 Å². The molecule has 0 aliphatic carbocycles. The molecule has 6 heteroatoms. The van der Waals surface area contributed by atoms with E-state index in [2.05, 4.69) is 10.3 Å². The van der Waals surface area contributed by atoms with Crippen molar-refractivity contribution in [3.63, 3.8) is 0 Å². The number of hydrogen-bond acceptors (Lipinski definition) is 4. The fourth-order valence-electron chi connectivity index (χ4n) is 1.51. The van der Waals surface area contributed by atoms with Gasteiger partial charge in [-0.25, -0.2) is 9.37 Å². The van der Waals surface area contributed by atoms with Crippen LogP contribution in [0, 0.1) is 5.82 Å². The maximum absolute atomic E-state index is 13.1. The van der Waals surface area contributed by atoms with Gasteiger partial charge < -0.3 is 5.32 Å². The smallest absolute Gasteiger partial charge is 0.236 e. The van der Waals surface area contributed by atoms with E-state index in [1.54, 1.807) is 29.3 Å². The van der Waals surface area contributed by atoms with Crippen LogP contribution in [0.25, 0.3) is 11.3 Å². The molecule has 1 aromatic heterocycles. The first-order chi connectivity index (χ1) is 9.54. The first-order valence-corrected chi connectivity index (χ1v) is 8.10. The minimum absolute atomic E-state index is 0.0659. The predicted octanol–water partition coefficient (Wildman–Crippen LogP) is 4.03. The minimum atomic E-state index is -0.297. The molecule has 1 aromatic carbocycles. The Kier molecular flexibility index (Phi) is 5.14. The Morgan fingerprint density at radius 3 is 3.00 bits per heavy atom. The molecule has 3 nitrogen and oxygen atoms in total. The lowest BCUT2D eigenvalue weighted by atomic mass is 10.2. The Morgan fingerprint density at radius 1 is 1.50 bits per heavy atom. The second-order valence-electron chi connectivity index (χ2n) is 4.46. The highest BCUT2D eigenvalue weighted by molar-refractivity contribution is 8.00. The largest absolute Gasteiger partial charge is 0.301 e. The molecule has 0 spiro atoms. The van der Waals surface area contributed by atoms with Gasteiger partial charge in [-0.3, -0.25) is 4.79 Å². The third kappa shape index (κ3) is 4.31. The number of nitrogens with zero attached hydrogens (tertiary/aromatic N) is 1. The van der Waals surface area contributed by atoms with Crippen molar-refractivity contribution in [3.05, 3.63) is 35.5 Å². The van der Waals surface area contributed by atoms with E-state index in [0.717, 1.165) is 0 Å². The number of aromatic nitrogens is 1. The highest BCUT2D eigenvalue weighted by atomic mass is 32.2. The zero-order chi connectivity index (χ0) is 14.5. The maximum Gasteiger partial charge on any atom is 0.236 e. The van der Waals surface area contributed by atoms with Crippen LogP contribution in [0.5, 0.6) is 0 Å². The lowest BCUT2D eigenvalue weighted by molar-refractivity contribution is -0.113. The number of amides is 1. The normalized spacial score (nSPS) is 10.8. The van der Waals surface area contributed by atoms with E-state index in [4.69, 9.17) is 0 Å².